The van der Waals surface area contributed by atoms with Crippen LogP contribution >= 0.6 is 11.8 Å². The van der Waals surface area contributed by atoms with Gasteiger partial charge in [0, 0.05) is 17.9 Å². The second kappa shape index (κ2) is 11.0. The van der Waals surface area contributed by atoms with Gasteiger partial charge in [-0.25, -0.2) is 4.98 Å². The van der Waals surface area contributed by atoms with E-state index in [2.05, 4.69) is 37.4 Å². The first-order valence-electron chi connectivity index (χ1n) is 11.9. The molecule has 0 radical (unpaired) electrons. The number of nitrogens with one attached hydrogen (secondary N) is 1. The first-order chi connectivity index (χ1) is 17.3. The van der Waals surface area contributed by atoms with Crippen molar-refractivity contribution in [3.8, 4) is 11.4 Å². The van der Waals surface area contributed by atoms with Crippen LogP contribution in [0.2, 0.25) is 0 Å². The standard InChI is InChI=1S/C29H31N3O3S/c1-18(2)16-30-27(33)21-8-13-25-26(15-21)31-29(36-17-22-14-19(3)6-7-20(22)4)32(28(25)34)23-9-11-24(35-5)12-10-23/h6-15,18H,16-17H2,1-5H3,(H,30,33). The molecule has 1 amide bonds. The van der Waals surface area contributed by atoms with Crippen molar-refractivity contribution >= 4 is 28.6 Å². The predicted molar refractivity (Wildman–Crippen MR) is 147 cm³/mol. The molecule has 1 heterocycles. The SMILES string of the molecule is COc1ccc(-n2c(SCc3cc(C)ccc3C)nc3cc(C(=O)NCC(C)C)ccc3c2=O)cc1. The lowest BCUT2D eigenvalue weighted by Gasteiger charge is -2.15. The summed E-state index contributed by atoms with van der Waals surface area (Å²) >= 11 is 1.51. The number of hydrogen-bond donors (Lipinski definition) is 1. The van der Waals surface area contributed by atoms with Gasteiger partial charge in [0.15, 0.2) is 5.16 Å². The Morgan fingerprint density at radius 1 is 1.06 bits per heavy atom. The van der Waals surface area contributed by atoms with Crippen LogP contribution in [0.15, 0.2) is 70.6 Å². The minimum Gasteiger partial charge on any atom is -0.497 e. The quantitative estimate of drug-likeness (QED) is 0.248. The molecular weight excluding hydrogens is 470 g/mol. The lowest BCUT2D eigenvalue weighted by Crippen LogP contribution is -2.27. The molecular formula is C29H31N3O3S. The van der Waals surface area contributed by atoms with Crippen LogP contribution in [0, 0.1) is 19.8 Å². The van der Waals surface area contributed by atoms with Gasteiger partial charge in [-0.15, -0.1) is 0 Å². The fourth-order valence-corrected chi connectivity index (χ4v) is 4.94. The number of rotatable bonds is 8. The summed E-state index contributed by atoms with van der Waals surface area (Å²) in [5.41, 5.74) is 5.09. The Labute approximate surface area is 215 Å². The molecule has 4 aromatic rings. The molecule has 1 N–H and O–H groups in total. The summed E-state index contributed by atoms with van der Waals surface area (Å²) < 4.78 is 6.92. The highest BCUT2D eigenvalue weighted by Crippen LogP contribution is 2.27. The summed E-state index contributed by atoms with van der Waals surface area (Å²) in [6.07, 6.45) is 0. The number of aromatic nitrogens is 2. The normalized spacial score (nSPS) is 11.2. The van der Waals surface area contributed by atoms with E-state index in [1.807, 2.05) is 38.1 Å². The zero-order chi connectivity index (χ0) is 25.8. The Hall–Kier alpha value is -3.58. The van der Waals surface area contributed by atoms with E-state index in [1.54, 1.807) is 29.9 Å². The van der Waals surface area contributed by atoms with Crippen LogP contribution in [0.5, 0.6) is 5.75 Å². The second-order valence-electron chi connectivity index (χ2n) is 9.29. The van der Waals surface area contributed by atoms with E-state index in [4.69, 9.17) is 9.72 Å². The van der Waals surface area contributed by atoms with Crippen LogP contribution in [0.3, 0.4) is 0 Å². The van der Waals surface area contributed by atoms with Gasteiger partial charge in [0.1, 0.15) is 5.75 Å². The van der Waals surface area contributed by atoms with Gasteiger partial charge in [-0.05, 0) is 73.4 Å². The van der Waals surface area contributed by atoms with Gasteiger partial charge in [-0.2, -0.15) is 0 Å². The van der Waals surface area contributed by atoms with Crippen molar-refractivity contribution in [1.29, 1.82) is 0 Å². The van der Waals surface area contributed by atoms with E-state index in [1.165, 1.54) is 28.5 Å². The smallest absolute Gasteiger partial charge is 0.266 e. The summed E-state index contributed by atoms with van der Waals surface area (Å²) in [5.74, 6) is 1.55. The van der Waals surface area contributed by atoms with Gasteiger partial charge in [0.05, 0.1) is 23.7 Å². The topological polar surface area (TPSA) is 73.2 Å². The van der Waals surface area contributed by atoms with E-state index >= 15 is 0 Å². The third kappa shape index (κ3) is 5.62. The molecule has 0 aliphatic heterocycles. The number of amides is 1. The van der Waals surface area contributed by atoms with Gasteiger partial charge >= 0.3 is 0 Å². The van der Waals surface area contributed by atoms with Gasteiger partial charge in [0.2, 0.25) is 0 Å². The van der Waals surface area contributed by atoms with Crippen LogP contribution in [0.25, 0.3) is 16.6 Å². The summed E-state index contributed by atoms with van der Waals surface area (Å²) in [6.45, 7) is 8.83. The van der Waals surface area contributed by atoms with Crippen molar-refractivity contribution in [3.63, 3.8) is 0 Å². The maximum absolute atomic E-state index is 13.7. The highest BCUT2D eigenvalue weighted by molar-refractivity contribution is 7.98. The van der Waals surface area contributed by atoms with E-state index < -0.39 is 0 Å². The number of carbonyl (C=O) groups excluding carboxylic acids is 1. The number of fused-ring (bicyclic) bond motifs is 1. The van der Waals surface area contributed by atoms with Gasteiger partial charge in [-0.3, -0.25) is 14.2 Å². The average molecular weight is 502 g/mol. The zero-order valence-corrected chi connectivity index (χ0v) is 22.1. The summed E-state index contributed by atoms with van der Waals surface area (Å²) in [5, 5.41) is 3.96. The lowest BCUT2D eigenvalue weighted by atomic mass is 10.1. The van der Waals surface area contributed by atoms with Crippen LogP contribution in [0.1, 0.15) is 40.9 Å². The van der Waals surface area contributed by atoms with E-state index in [0.717, 1.165) is 0 Å². The third-order valence-corrected chi connectivity index (χ3v) is 6.95. The van der Waals surface area contributed by atoms with Crippen molar-refractivity contribution in [3.05, 3.63) is 93.3 Å². The Bertz CT molecular complexity index is 1460. The van der Waals surface area contributed by atoms with Crippen LogP contribution in [-0.4, -0.2) is 29.1 Å². The highest BCUT2D eigenvalue weighted by Gasteiger charge is 2.16. The van der Waals surface area contributed by atoms with Crippen LogP contribution in [-0.2, 0) is 5.75 Å². The number of aryl methyl sites for hydroxylation is 2. The van der Waals surface area contributed by atoms with Crippen molar-refractivity contribution < 1.29 is 9.53 Å². The largest absolute Gasteiger partial charge is 0.497 e. The minimum atomic E-state index is -0.178. The Balaban J connectivity index is 1.80. The molecule has 0 aliphatic rings. The van der Waals surface area contributed by atoms with E-state index in [9.17, 15) is 9.59 Å². The molecule has 0 spiro atoms. The van der Waals surface area contributed by atoms with E-state index in [-0.39, 0.29) is 11.5 Å². The van der Waals surface area contributed by atoms with Crippen LogP contribution < -0.4 is 15.6 Å². The molecule has 3 aromatic carbocycles. The Morgan fingerprint density at radius 2 is 1.81 bits per heavy atom. The molecule has 0 saturated heterocycles. The number of carbonyl (C=O) groups is 1. The average Bonchev–Trinajstić information content (AvgIpc) is 2.87. The number of hydrogen-bond acceptors (Lipinski definition) is 5. The third-order valence-electron chi connectivity index (χ3n) is 5.96. The van der Waals surface area contributed by atoms with E-state index in [0.29, 0.717) is 51.3 Å². The molecule has 0 saturated carbocycles. The van der Waals surface area contributed by atoms with Gasteiger partial charge in [0.25, 0.3) is 11.5 Å². The minimum absolute atomic E-state index is 0.170. The number of thioether (sulfide) groups is 1. The monoisotopic (exact) mass is 501 g/mol. The first-order valence-corrected chi connectivity index (χ1v) is 12.9. The number of nitrogens with zero attached hydrogens (tertiary/aromatic N) is 2. The second-order valence-corrected chi connectivity index (χ2v) is 10.2. The summed E-state index contributed by atoms with van der Waals surface area (Å²) in [6, 6.07) is 18.8. The number of methoxy groups -OCH3 is 1. The maximum Gasteiger partial charge on any atom is 0.266 e. The molecule has 1 aromatic heterocycles. The maximum atomic E-state index is 13.7. The lowest BCUT2D eigenvalue weighted by molar-refractivity contribution is 0.0949. The molecule has 0 bridgehead atoms. The molecule has 6 nitrogen and oxygen atoms in total. The summed E-state index contributed by atoms with van der Waals surface area (Å²) in [7, 11) is 1.61. The molecule has 0 unspecified atom stereocenters. The molecule has 4 rings (SSSR count). The van der Waals surface area contributed by atoms with Gasteiger partial charge < -0.3 is 10.1 Å². The number of ether oxygens (including phenoxy) is 1. The molecule has 0 aliphatic carbocycles. The fraction of sp³-hybridized carbons (Fsp3) is 0.276. The highest BCUT2D eigenvalue weighted by atomic mass is 32.2. The Kier molecular flexibility index (Phi) is 7.79. The fourth-order valence-electron chi connectivity index (χ4n) is 3.86. The molecule has 0 atom stereocenters. The molecule has 186 valence electrons. The van der Waals surface area contributed by atoms with Gasteiger partial charge in [-0.1, -0.05) is 49.4 Å². The summed E-state index contributed by atoms with van der Waals surface area (Å²) in [4.78, 5) is 31.2. The molecule has 0 fully saturated rings. The van der Waals surface area contributed by atoms with Crippen LogP contribution in [0.4, 0.5) is 0 Å². The van der Waals surface area contributed by atoms with Crippen molar-refractivity contribution in [2.45, 2.75) is 38.6 Å². The van der Waals surface area contributed by atoms with Crippen molar-refractivity contribution in [1.82, 2.24) is 14.9 Å². The molecule has 36 heavy (non-hydrogen) atoms. The first kappa shape index (κ1) is 25.5. The molecule has 7 heteroatoms. The number of benzene rings is 3. The zero-order valence-electron chi connectivity index (χ0n) is 21.3. The van der Waals surface area contributed by atoms with Crippen molar-refractivity contribution in [2.75, 3.05) is 13.7 Å². The Morgan fingerprint density at radius 3 is 2.50 bits per heavy atom. The van der Waals surface area contributed by atoms with Crippen molar-refractivity contribution in [2.24, 2.45) is 5.92 Å². The predicted octanol–water partition coefficient (Wildman–Crippen LogP) is 5.69.